The van der Waals surface area contributed by atoms with Crippen molar-refractivity contribution in [3.8, 4) is 0 Å². The molecular formula is C21H23ClN4O. The van der Waals surface area contributed by atoms with Gasteiger partial charge in [0.15, 0.2) is 0 Å². The van der Waals surface area contributed by atoms with Gasteiger partial charge in [-0.1, -0.05) is 23.7 Å². The van der Waals surface area contributed by atoms with Crippen LogP contribution in [0.25, 0.3) is 10.9 Å². The number of aromatic amines is 1. The number of halogens is 1. The van der Waals surface area contributed by atoms with Crippen molar-refractivity contribution in [3.05, 3.63) is 64.8 Å². The van der Waals surface area contributed by atoms with Gasteiger partial charge < -0.3 is 15.2 Å². The molecule has 0 unspecified atom stereocenters. The third-order valence-electron chi connectivity index (χ3n) is 5.04. The molecule has 2 N–H and O–H groups in total. The van der Waals surface area contributed by atoms with Gasteiger partial charge >= 0.3 is 0 Å². The second-order valence-electron chi connectivity index (χ2n) is 7.15. The van der Waals surface area contributed by atoms with E-state index in [1.807, 2.05) is 30.3 Å². The highest BCUT2D eigenvalue weighted by atomic mass is 35.5. The molecule has 0 atom stereocenters. The fraction of sp³-hybridized carbons (Fsp3) is 0.286. The van der Waals surface area contributed by atoms with E-state index in [4.69, 9.17) is 11.6 Å². The van der Waals surface area contributed by atoms with E-state index < -0.39 is 0 Å². The van der Waals surface area contributed by atoms with Crippen molar-refractivity contribution in [2.24, 2.45) is 0 Å². The molecule has 5 nitrogen and oxygen atoms in total. The number of H-pyrrole nitrogens is 1. The molecule has 1 aromatic heterocycles. The van der Waals surface area contributed by atoms with Crippen LogP contribution in [0.5, 0.6) is 0 Å². The quantitative estimate of drug-likeness (QED) is 0.721. The largest absolute Gasteiger partial charge is 0.351 e. The molecule has 2 aromatic carbocycles. The minimum Gasteiger partial charge on any atom is -0.351 e. The average Bonchev–Trinajstić information content (AvgIpc) is 3.08. The second-order valence-corrected chi connectivity index (χ2v) is 7.58. The molecule has 27 heavy (non-hydrogen) atoms. The zero-order valence-electron chi connectivity index (χ0n) is 15.3. The highest BCUT2D eigenvalue weighted by Gasteiger charge is 2.14. The van der Waals surface area contributed by atoms with Crippen LogP contribution in [0.15, 0.2) is 48.5 Å². The Hall–Kier alpha value is -2.34. The number of hydrogen-bond acceptors (Lipinski definition) is 3. The van der Waals surface area contributed by atoms with Crippen molar-refractivity contribution >= 4 is 34.1 Å². The summed E-state index contributed by atoms with van der Waals surface area (Å²) in [6, 6.07) is 15.4. The molecule has 0 aliphatic carbocycles. The van der Waals surface area contributed by atoms with E-state index in [0.29, 0.717) is 10.7 Å². The first-order valence-electron chi connectivity index (χ1n) is 9.16. The van der Waals surface area contributed by atoms with Crippen LogP contribution in [-0.2, 0) is 6.54 Å². The lowest BCUT2D eigenvalue weighted by Gasteiger charge is -2.32. The number of anilines is 1. The van der Waals surface area contributed by atoms with Gasteiger partial charge in [0.25, 0.3) is 5.91 Å². The molecule has 3 aromatic rings. The van der Waals surface area contributed by atoms with Crippen molar-refractivity contribution in [3.63, 3.8) is 0 Å². The summed E-state index contributed by atoms with van der Waals surface area (Å²) < 4.78 is 0. The molecule has 6 heteroatoms. The van der Waals surface area contributed by atoms with Gasteiger partial charge in [-0.3, -0.25) is 9.69 Å². The molecule has 1 saturated heterocycles. The SMILES string of the molecule is CN1CCN(Cc2ccc(NC(=O)c3cc4cc(Cl)ccc4[nH]3)cc2)CC1. The van der Waals surface area contributed by atoms with Crippen molar-refractivity contribution in [1.82, 2.24) is 14.8 Å². The minimum absolute atomic E-state index is 0.158. The number of benzene rings is 2. The summed E-state index contributed by atoms with van der Waals surface area (Å²) in [4.78, 5) is 20.5. The number of carbonyl (C=O) groups is 1. The lowest BCUT2D eigenvalue weighted by molar-refractivity contribution is 0.102. The van der Waals surface area contributed by atoms with Crippen LogP contribution in [0.4, 0.5) is 5.69 Å². The molecule has 1 fully saturated rings. The van der Waals surface area contributed by atoms with Crippen LogP contribution in [0.3, 0.4) is 0 Å². The van der Waals surface area contributed by atoms with Crippen molar-refractivity contribution < 1.29 is 4.79 Å². The maximum atomic E-state index is 12.5. The van der Waals surface area contributed by atoms with Crippen molar-refractivity contribution in [2.75, 3.05) is 38.5 Å². The Morgan fingerprint density at radius 1 is 1.07 bits per heavy atom. The molecule has 1 aliphatic heterocycles. The predicted molar refractivity (Wildman–Crippen MR) is 110 cm³/mol. The van der Waals surface area contributed by atoms with Gasteiger partial charge in [0.1, 0.15) is 5.69 Å². The summed E-state index contributed by atoms with van der Waals surface area (Å²) in [7, 11) is 2.16. The first kappa shape index (κ1) is 18.0. The third kappa shape index (κ3) is 4.33. The molecule has 0 radical (unpaired) electrons. The summed E-state index contributed by atoms with van der Waals surface area (Å²) in [6.45, 7) is 5.37. The molecule has 0 bridgehead atoms. The van der Waals surface area contributed by atoms with E-state index in [-0.39, 0.29) is 5.91 Å². The molecule has 0 saturated carbocycles. The standard InChI is InChI=1S/C21H23ClN4O/c1-25-8-10-26(11-9-25)14-15-2-5-18(6-3-15)23-21(27)20-13-16-12-17(22)4-7-19(16)24-20/h2-7,12-13,24H,8-11,14H2,1H3,(H,23,27). The molecular weight excluding hydrogens is 360 g/mol. The second kappa shape index (κ2) is 7.72. The van der Waals surface area contributed by atoms with Gasteiger partial charge in [0.05, 0.1) is 0 Å². The number of nitrogens with one attached hydrogen (secondary N) is 2. The van der Waals surface area contributed by atoms with E-state index in [9.17, 15) is 4.79 Å². The van der Waals surface area contributed by atoms with Gasteiger partial charge in [-0.25, -0.2) is 0 Å². The summed E-state index contributed by atoms with van der Waals surface area (Å²) in [5.41, 5.74) is 3.47. The van der Waals surface area contributed by atoms with E-state index >= 15 is 0 Å². The van der Waals surface area contributed by atoms with Crippen LogP contribution >= 0.6 is 11.6 Å². The molecule has 1 aliphatic rings. The van der Waals surface area contributed by atoms with E-state index in [1.165, 1.54) is 5.56 Å². The van der Waals surface area contributed by atoms with Gasteiger partial charge in [-0.05, 0) is 49.0 Å². The Bertz CT molecular complexity index is 942. The zero-order valence-corrected chi connectivity index (χ0v) is 16.1. The minimum atomic E-state index is -0.158. The molecule has 0 spiro atoms. The van der Waals surface area contributed by atoms with Crippen LogP contribution in [0.2, 0.25) is 5.02 Å². The fourth-order valence-electron chi connectivity index (χ4n) is 3.38. The normalized spacial score (nSPS) is 15.9. The average molecular weight is 383 g/mol. The van der Waals surface area contributed by atoms with Crippen molar-refractivity contribution in [2.45, 2.75) is 6.54 Å². The third-order valence-corrected chi connectivity index (χ3v) is 5.28. The highest BCUT2D eigenvalue weighted by Crippen LogP contribution is 2.21. The topological polar surface area (TPSA) is 51.4 Å². The van der Waals surface area contributed by atoms with Gasteiger partial charge in [0, 0.05) is 54.3 Å². The van der Waals surface area contributed by atoms with Crippen molar-refractivity contribution in [1.29, 1.82) is 0 Å². The smallest absolute Gasteiger partial charge is 0.272 e. The Kier molecular flexibility index (Phi) is 5.16. The number of likely N-dealkylation sites (N-methyl/N-ethyl adjacent to an activating group) is 1. The molecule has 1 amide bonds. The number of piperazine rings is 1. The monoisotopic (exact) mass is 382 g/mol. The van der Waals surface area contributed by atoms with Crippen LogP contribution in [-0.4, -0.2) is 53.9 Å². The lowest BCUT2D eigenvalue weighted by atomic mass is 10.1. The zero-order chi connectivity index (χ0) is 18.8. The Morgan fingerprint density at radius 3 is 2.56 bits per heavy atom. The summed E-state index contributed by atoms with van der Waals surface area (Å²) in [6.07, 6.45) is 0. The summed E-state index contributed by atoms with van der Waals surface area (Å²) >= 11 is 6.01. The molecule has 140 valence electrons. The van der Waals surface area contributed by atoms with Gasteiger partial charge in [-0.2, -0.15) is 0 Å². The van der Waals surface area contributed by atoms with Crippen LogP contribution < -0.4 is 5.32 Å². The Morgan fingerprint density at radius 2 is 1.81 bits per heavy atom. The Balaban J connectivity index is 1.39. The summed E-state index contributed by atoms with van der Waals surface area (Å²) in [5.74, 6) is -0.158. The molecule has 4 rings (SSSR count). The highest BCUT2D eigenvalue weighted by molar-refractivity contribution is 6.31. The van der Waals surface area contributed by atoms with Gasteiger partial charge in [0.2, 0.25) is 0 Å². The first-order chi connectivity index (χ1) is 13.1. The lowest BCUT2D eigenvalue weighted by Crippen LogP contribution is -2.43. The Labute approximate surface area is 163 Å². The molecule has 2 heterocycles. The number of nitrogens with zero attached hydrogens (tertiary/aromatic N) is 2. The van der Waals surface area contributed by atoms with E-state index in [2.05, 4.69) is 39.3 Å². The van der Waals surface area contributed by atoms with E-state index in [1.54, 1.807) is 6.07 Å². The summed E-state index contributed by atoms with van der Waals surface area (Å²) in [5, 5.41) is 4.53. The fourth-order valence-corrected chi connectivity index (χ4v) is 3.56. The number of amides is 1. The van der Waals surface area contributed by atoms with E-state index in [0.717, 1.165) is 49.3 Å². The first-order valence-corrected chi connectivity index (χ1v) is 9.54. The number of carbonyl (C=O) groups excluding carboxylic acids is 1. The van der Waals surface area contributed by atoms with Crippen LogP contribution in [0, 0.1) is 0 Å². The maximum absolute atomic E-state index is 12.5. The number of rotatable bonds is 4. The number of hydrogen-bond donors (Lipinski definition) is 2. The number of fused-ring (bicyclic) bond motifs is 1. The number of aromatic nitrogens is 1. The van der Waals surface area contributed by atoms with Gasteiger partial charge in [-0.15, -0.1) is 0 Å². The van der Waals surface area contributed by atoms with Crippen LogP contribution in [0.1, 0.15) is 16.1 Å². The predicted octanol–water partition coefficient (Wildman–Crippen LogP) is 3.82. The maximum Gasteiger partial charge on any atom is 0.272 e.